The summed E-state index contributed by atoms with van der Waals surface area (Å²) in [4.78, 5) is 12.9. The number of Topliss-reactive ketones (excluding diaryl/α,β-unsaturated/α-hetero) is 1. The number of ether oxygens (including phenoxy) is 5. The van der Waals surface area contributed by atoms with Gasteiger partial charge >= 0.3 is 0 Å². The van der Waals surface area contributed by atoms with Crippen LogP contribution in [0.5, 0.6) is 28.7 Å². The first kappa shape index (κ1) is 21.6. The Labute approximate surface area is 190 Å². The van der Waals surface area contributed by atoms with E-state index in [2.05, 4.69) is 0 Å². The molecule has 1 aliphatic rings. The van der Waals surface area contributed by atoms with Crippen molar-refractivity contribution in [3.8, 4) is 28.7 Å². The van der Waals surface area contributed by atoms with E-state index in [-0.39, 0.29) is 11.5 Å². The Morgan fingerprint density at radius 3 is 2.25 bits per heavy atom. The number of ketones is 1. The number of carbonyl (C=O) groups is 1. The Bertz CT molecular complexity index is 1180. The minimum Gasteiger partial charge on any atom is -0.496 e. The lowest BCUT2D eigenvalue weighted by Gasteiger charge is -2.12. The molecule has 0 spiro atoms. The molecule has 0 radical (unpaired) electrons. The SMILES string of the molecule is COc1cc(OC)c(OC)cc1/C=C1\Oc2cc(OCc3ccc(Cl)cc3)ccc2C1=O. The van der Waals surface area contributed by atoms with Crippen LogP contribution in [0.1, 0.15) is 21.5 Å². The Morgan fingerprint density at radius 1 is 0.875 bits per heavy atom. The predicted molar refractivity (Wildman–Crippen MR) is 121 cm³/mol. The minimum absolute atomic E-state index is 0.181. The molecule has 0 atom stereocenters. The number of hydrogen-bond acceptors (Lipinski definition) is 6. The lowest BCUT2D eigenvalue weighted by Crippen LogP contribution is -2.00. The molecule has 0 fully saturated rings. The molecule has 0 bridgehead atoms. The van der Waals surface area contributed by atoms with Gasteiger partial charge in [0.1, 0.15) is 23.9 Å². The average Bonchev–Trinajstić information content (AvgIpc) is 3.12. The lowest BCUT2D eigenvalue weighted by molar-refractivity contribution is 0.101. The Kier molecular flexibility index (Phi) is 6.23. The molecule has 0 aliphatic carbocycles. The first-order valence-corrected chi connectivity index (χ1v) is 10.2. The van der Waals surface area contributed by atoms with E-state index in [9.17, 15) is 4.79 Å². The second-order valence-electron chi connectivity index (χ2n) is 6.96. The molecule has 6 nitrogen and oxygen atoms in total. The van der Waals surface area contributed by atoms with Crippen LogP contribution in [0.4, 0.5) is 0 Å². The standard InChI is InChI=1S/C25H21ClO6/c1-28-20-13-23(30-3)22(29-2)10-16(20)11-24-25(27)19-9-8-18(12-21(19)32-24)31-14-15-4-6-17(26)7-5-15/h4-13H,14H2,1-3H3/b24-11-. The largest absolute Gasteiger partial charge is 0.496 e. The van der Waals surface area contributed by atoms with Crippen LogP contribution in [-0.2, 0) is 6.61 Å². The van der Waals surface area contributed by atoms with Crippen LogP contribution in [0.2, 0.25) is 5.02 Å². The summed E-state index contributed by atoms with van der Waals surface area (Å²) in [5, 5.41) is 0.670. The number of fused-ring (bicyclic) bond motifs is 1. The molecule has 4 rings (SSSR count). The summed E-state index contributed by atoms with van der Waals surface area (Å²) in [6, 6.07) is 16.0. The number of halogens is 1. The molecule has 0 saturated carbocycles. The van der Waals surface area contributed by atoms with Gasteiger partial charge in [-0.3, -0.25) is 4.79 Å². The fraction of sp³-hybridized carbons (Fsp3) is 0.160. The van der Waals surface area contributed by atoms with E-state index in [1.807, 2.05) is 24.3 Å². The number of hydrogen-bond donors (Lipinski definition) is 0. The van der Waals surface area contributed by atoms with Crippen LogP contribution in [0.15, 0.2) is 60.4 Å². The van der Waals surface area contributed by atoms with Gasteiger partial charge in [0.05, 0.1) is 26.9 Å². The number of rotatable bonds is 7. The summed E-state index contributed by atoms with van der Waals surface area (Å²) in [6.07, 6.45) is 1.62. The molecule has 0 N–H and O–H groups in total. The maximum Gasteiger partial charge on any atom is 0.231 e. The second-order valence-corrected chi connectivity index (χ2v) is 7.40. The highest BCUT2D eigenvalue weighted by Crippen LogP contribution is 2.39. The molecule has 7 heteroatoms. The van der Waals surface area contributed by atoms with Crippen LogP contribution >= 0.6 is 11.6 Å². The van der Waals surface area contributed by atoms with Gasteiger partial charge < -0.3 is 23.7 Å². The maximum absolute atomic E-state index is 12.9. The van der Waals surface area contributed by atoms with E-state index in [0.717, 1.165) is 5.56 Å². The van der Waals surface area contributed by atoms with Crippen molar-refractivity contribution in [2.24, 2.45) is 0 Å². The van der Waals surface area contributed by atoms with Crippen molar-refractivity contribution in [1.82, 2.24) is 0 Å². The predicted octanol–water partition coefficient (Wildman–Crippen LogP) is 5.56. The van der Waals surface area contributed by atoms with Gasteiger partial charge in [-0.05, 0) is 42.0 Å². The molecule has 0 aromatic heterocycles. The molecule has 3 aromatic carbocycles. The molecule has 0 saturated heterocycles. The summed E-state index contributed by atoms with van der Waals surface area (Å²) in [7, 11) is 4.63. The number of allylic oxidation sites excluding steroid dienone is 1. The van der Waals surface area contributed by atoms with Crippen LogP contribution < -0.4 is 23.7 Å². The van der Waals surface area contributed by atoms with Crippen LogP contribution in [0.3, 0.4) is 0 Å². The molecule has 32 heavy (non-hydrogen) atoms. The number of methoxy groups -OCH3 is 3. The molecule has 1 aliphatic heterocycles. The van der Waals surface area contributed by atoms with Crippen molar-refractivity contribution in [2.45, 2.75) is 6.61 Å². The molecule has 164 valence electrons. The zero-order chi connectivity index (χ0) is 22.7. The molecule has 3 aromatic rings. The highest BCUT2D eigenvalue weighted by atomic mass is 35.5. The van der Waals surface area contributed by atoms with Crippen molar-refractivity contribution in [3.63, 3.8) is 0 Å². The van der Waals surface area contributed by atoms with Crippen LogP contribution in [0, 0.1) is 0 Å². The zero-order valence-electron chi connectivity index (χ0n) is 17.8. The molecule has 0 amide bonds. The monoisotopic (exact) mass is 452 g/mol. The van der Waals surface area contributed by atoms with E-state index >= 15 is 0 Å². The molecular weight excluding hydrogens is 432 g/mol. The first-order valence-electron chi connectivity index (χ1n) is 9.78. The molecule has 0 unspecified atom stereocenters. The summed E-state index contributed by atoms with van der Waals surface area (Å²) < 4.78 is 27.8. The van der Waals surface area contributed by atoms with Crippen molar-refractivity contribution in [2.75, 3.05) is 21.3 Å². The molecule has 1 heterocycles. The maximum atomic E-state index is 12.9. The van der Waals surface area contributed by atoms with E-state index in [4.69, 9.17) is 35.3 Å². The quantitative estimate of drug-likeness (QED) is 0.437. The topological polar surface area (TPSA) is 63.2 Å². The van der Waals surface area contributed by atoms with Crippen molar-refractivity contribution in [3.05, 3.63) is 82.1 Å². The van der Waals surface area contributed by atoms with Crippen LogP contribution in [-0.4, -0.2) is 27.1 Å². The first-order chi connectivity index (χ1) is 15.5. The van der Waals surface area contributed by atoms with Crippen LogP contribution in [0.25, 0.3) is 6.08 Å². The normalized spacial score (nSPS) is 13.5. The number of carbonyl (C=O) groups excluding carboxylic acids is 1. The van der Waals surface area contributed by atoms with E-state index < -0.39 is 0 Å². The smallest absolute Gasteiger partial charge is 0.231 e. The van der Waals surface area contributed by atoms with Gasteiger partial charge in [0, 0.05) is 22.7 Å². The average molecular weight is 453 g/mol. The van der Waals surface area contributed by atoms with Gasteiger partial charge in [-0.15, -0.1) is 0 Å². The summed E-state index contributed by atoms with van der Waals surface area (Å²) in [5.41, 5.74) is 2.07. The van der Waals surface area contributed by atoms with E-state index in [0.29, 0.717) is 51.5 Å². The van der Waals surface area contributed by atoms with Gasteiger partial charge in [-0.25, -0.2) is 0 Å². The minimum atomic E-state index is -0.221. The van der Waals surface area contributed by atoms with Gasteiger partial charge in [0.2, 0.25) is 5.78 Å². The lowest BCUT2D eigenvalue weighted by atomic mass is 10.1. The summed E-state index contributed by atoms with van der Waals surface area (Å²) in [5.74, 6) is 2.55. The number of benzene rings is 3. The highest BCUT2D eigenvalue weighted by molar-refractivity contribution is 6.30. The van der Waals surface area contributed by atoms with Gasteiger partial charge in [-0.2, -0.15) is 0 Å². The second kappa shape index (κ2) is 9.24. The van der Waals surface area contributed by atoms with Crippen molar-refractivity contribution >= 4 is 23.5 Å². The van der Waals surface area contributed by atoms with Gasteiger partial charge in [0.25, 0.3) is 0 Å². The zero-order valence-corrected chi connectivity index (χ0v) is 18.6. The molecular formula is C25H21ClO6. The fourth-order valence-electron chi connectivity index (χ4n) is 3.31. The Hall–Kier alpha value is -3.64. The Balaban J connectivity index is 1.56. The van der Waals surface area contributed by atoms with Crippen molar-refractivity contribution in [1.29, 1.82) is 0 Å². The Morgan fingerprint density at radius 2 is 1.56 bits per heavy atom. The highest BCUT2D eigenvalue weighted by Gasteiger charge is 2.28. The fourth-order valence-corrected chi connectivity index (χ4v) is 3.44. The van der Waals surface area contributed by atoms with Crippen molar-refractivity contribution < 1.29 is 28.5 Å². The third-order valence-corrected chi connectivity index (χ3v) is 5.23. The third kappa shape index (κ3) is 4.36. The summed E-state index contributed by atoms with van der Waals surface area (Å²) >= 11 is 5.91. The van der Waals surface area contributed by atoms with Gasteiger partial charge in [0.15, 0.2) is 17.3 Å². The summed E-state index contributed by atoms with van der Waals surface area (Å²) in [6.45, 7) is 0.370. The van der Waals surface area contributed by atoms with E-state index in [1.54, 1.807) is 57.7 Å². The van der Waals surface area contributed by atoms with E-state index in [1.165, 1.54) is 0 Å². The third-order valence-electron chi connectivity index (χ3n) is 4.98. The van der Waals surface area contributed by atoms with Gasteiger partial charge in [-0.1, -0.05) is 23.7 Å².